The van der Waals surface area contributed by atoms with E-state index in [2.05, 4.69) is 15.4 Å². The second-order valence-electron chi connectivity index (χ2n) is 3.25. The lowest BCUT2D eigenvalue weighted by molar-refractivity contribution is 0.490. The largest absolute Gasteiger partial charge is 0.323 e. The van der Waals surface area contributed by atoms with Crippen LogP contribution in [0.2, 0.25) is 0 Å². The summed E-state index contributed by atoms with van der Waals surface area (Å²) in [4.78, 5) is 7.18. The number of H-pyrrole nitrogens is 1. The lowest BCUT2D eigenvalue weighted by Crippen LogP contribution is -2.20. The third-order valence-electron chi connectivity index (χ3n) is 1.77. The molecule has 0 amide bonds. The van der Waals surface area contributed by atoms with Gasteiger partial charge >= 0.3 is 0 Å². The normalized spacial score (nSPS) is 11.1. The van der Waals surface area contributed by atoms with Gasteiger partial charge in [-0.15, -0.1) is 0 Å². The van der Waals surface area contributed by atoms with E-state index in [4.69, 9.17) is 0 Å². The van der Waals surface area contributed by atoms with Crippen LogP contribution in [0.4, 0.5) is 10.3 Å². The van der Waals surface area contributed by atoms with E-state index in [9.17, 15) is 4.39 Å². The standard InChI is InChI=1S/C9H11FN4/c1-14(2)13-9-11-7-4-3-6(10)5-8(7)12-9/h3-5H,1-2H3,(H2,11,12,13). The Labute approximate surface area is 80.7 Å². The molecule has 0 spiro atoms. The number of benzene rings is 1. The average Bonchev–Trinajstić information content (AvgIpc) is 2.44. The van der Waals surface area contributed by atoms with Crippen LogP contribution in [-0.4, -0.2) is 29.1 Å². The number of rotatable bonds is 2. The van der Waals surface area contributed by atoms with Crippen LogP contribution in [-0.2, 0) is 0 Å². The molecule has 0 saturated carbocycles. The van der Waals surface area contributed by atoms with Crippen LogP contribution in [0.3, 0.4) is 0 Å². The third kappa shape index (κ3) is 1.67. The average molecular weight is 194 g/mol. The van der Waals surface area contributed by atoms with Crippen molar-refractivity contribution in [1.29, 1.82) is 0 Å². The molecule has 1 aromatic heterocycles. The highest BCUT2D eigenvalue weighted by Gasteiger charge is 2.03. The van der Waals surface area contributed by atoms with Gasteiger partial charge in [-0.25, -0.2) is 14.4 Å². The van der Waals surface area contributed by atoms with Gasteiger partial charge in [0.05, 0.1) is 11.0 Å². The molecule has 2 N–H and O–H groups in total. The van der Waals surface area contributed by atoms with E-state index in [1.807, 2.05) is 14.1 Å². The molecular formula is C9H11FN4. The number of nitrogens with zero attached hydrogens (tertiary/aromatic N) is 2. The first kappa shape index (κ1) is 8.96. The number of nitrogens with one attached hydrogen (secondary N) is 2. The number of aromatic amines is 1. The quantitative estimate of drug-likeness (QED) is 0.713. The zero-order valence-electron chi connectivity index (χ0n) is 8.00. The van der Waals surface area contributed by atoms with E-state index in [0.29, 0.717) is 11.5 Å². The van der Waals surface area contributed by atoms with Crippen molar-refractivity contribution in [2.45, 2.75) is 0 Å². The van der Waals surface area contributed by atoms with Gasteiger partial charge in [0.25, 0.3) is 0 Å². The maximum atomic E-state index is 12.8. The maximum absolute atomic E-state index is 12.8. The van der Waals surface area contributed by atoms with Crippen LogP contribution >= 0.6 is 0 Å². The zero-order valence-corrected chi connectivity index (χ0v) is 8.00. The molecule has 1 heterocycles. The summed E-state index contributed by atoms with van der Waals surface area (Å²) in [6, 6.07) is 4.45. The van der Waals surface area contributed by atoms with Gasteiger partial charge in [-0.3, -0.25) is 5.43 Å². The van der Waals surface area contributed by atoms with E-state index < -0.39 is 0 Å². The van der Waals surface area contributed by atoms with Crippen molar-refractivity contribution < 1.29 is 4.39 Å². The minimum Gasteiger partial charge on any atom is -0.323 e. The Hall–Kier alpha value is -1.62. The number of hydrazine groups is 1. The summed E-state index contributed by atoms with van der Waals surface area (Å²) in [5.74, 6) is 0.341. The SMILES string of the molecule is CN(C)Nc1nc2ccc(F)cc2[nH]1. The highest BCUT2D eigenvalue weighted by molar-refractivity contribution is 5.77. The number of aromatic nitrogens is 2. The highest BCUT2D eigenvalue weighted by Crippen LogP contribution is 2.15. The van der Waals surface area contributed by atoms with Crippen molar-refractivity contribution in [3.8, 4) is 0 Å². The number of hydrogen-bond donors (Lipinski definition) is 2. The molecule has 0 radical (unpaired) electrons. The van der Waals surface area contributed by atoms with Crippen LogP contribution in [0, 0.1) is 5.82 Å². The van der Waals surface area contributed by atoms with Gasteiger partial charge in [-0.2, -0.15) is 0 Å². The van der Waals surface area contributed by atoms with E-state index in [-0.39, 0.29) is 5.82 Å². The molecule has 0 saturated heterocycles. The summed E-state index contributed by atoms with van der Waals surface area (Å²) in [7, 11) is 3.71. The molecule has 0 aliphatic heterocycles. The molecule has 74 valence electrons. The molecule has 2 aromatic rings. The van der Waals surface area contributed by atoms with Crippen LogP contribution in [0.25, 0.3) is 11.0 Å². The number of fused-ring (bicyclic) bond motifs is 1. The van der Waals surface area contributed by atoms with Gasteiger partial charge in [-0.05, 0) is 18.2 Å². The molecule has 14 heavy (non-hydrogen) atoms. The minimum atomic E-state index is -0.266. The number of anilines is 1. The Morgan fingerprint density at radius 1 is 1.43 bits per heavy atom. The van der Waals surface area contributed by atoms with Crippen molar-refractivity contribution in [2.24, 2.45) is 0 Å². The van der Waals surface area contributed by atoms with E-state index >= 15 is 0 Å². The van der Waals surface area contributed by atoms with E-state index in [1.165, 1.54) is 12.1 Å². The van der Waals surface area contributed by atoms with Crippen molar-refractivity contribution in [3.63, 3.8) is 0 Å². The van der Waals surface area contributed by atoms with Gasteiger partial charge in [0.15, 0.2) is 0 Å². The number of halogens is 1. The lowest BCUT2D eigenvalue weighted by atomic mass is 10.3. The smallest absolute Gasteiger partial charge is 0.216 e. The fourth-order valence-corrected chi connectivity index (χ4v) is 1.25. The molecule has 0 unspecified atom stereocenters. The third-order valence-corrected chi connectivity index (χ3v) is 1.77. The molecule has 0 atom stereocenters. The minimum absolute atomic E-state index is 0.266. The first-order valence-corrected chi connectivity index (χ1v) is 4.24. The first-order chi connectivity index (χ1) is 6.65. The monoisotopic (exact) mass is 194 g/mol. The highest BCUT2D eigenvalue weighted by atomic mass is 19.1. The van der Waals surface area contributed by atoms with Crippen LogP contribution in [0.1, 0.15) is 0 Å². The van der Waals surface area contributed by atoms with Gasteiger partial charge in [0, 0.05) is 14.1 Å². The molecule has 0 aliphatic rings. The fourth-order valence-electron chi connectivity index (χ4n) is 1.25. The molecule has 0 fully saturated rings. The van der Waals surface area contributed by atoms with Crippen LogP contribution in [0.5, 0.6) is 0 Å². The van der Waals surface area contributed by atoms with Crippen LogP contribution in [0.15, 0.2) is 18.2 Å². The fraction of sp³-hybridized carbons (Fsp3) is 0.222. The van der Waals surface area contributed by atoms with E-state index in [0.717, 1.165) is 5.52 Å². The predicted molar refractivity (Wildman–Crippen MR) is 53.4 cm³/mol. The molecular weight excluding hydrogens is 183 g/mol. The molecule has 5 heteroatoms. The summed E-state index contributed by atoms with van der Waals surface area (Å²) >= 11 is 0. The Morgan fingerprint density at radius 2 is 2.21 bits per heavy atom. The summed E-state index contributed by atoms with van der Waals surface area (Å²) in [5.41, 5.74) is 4.39. The zero-order chi connectivity index (χ0) is 10.1. The predicted octanol–water partition coefficient (Wildman–Crippen LogP) is 1.59. The Morgan fingerprint density at radius 3 is 2.93 bits per heavy atom. The summed E-state index contributed by atoms with van der Waals surface area (Å²) in [6.45, 7) is 0. The molecule has 1 aromatic carbocycles. The van der Waals surface area contributed by atoms with Gasteiger partial charge in [0.1, 0.15) is 5.82 Å². The van der Waals surface area contributed by atoms with Crippen molar-refractivity contribution in [2.75, 3.05) is 19.5 Å². The molecule has 4 nitrogen and oxygen atoms in total. The number of imidazole rings is 1. The van der Waals surface area contributed by atoms with Crippen molar-refractivity contribution >= 4 is 17.0 Å². The Balaban J connectivity index is 2.41. The number of hydrogen-bond acceptors (Lipinski definition) is 3. The van der Waals surface area contributed by atoms with Gasteiger partial charge in [-0.1, -0.05) is 0 Å². The summed E-state index contributed by atoms with van der Waals surface area (Å²) in [6.07, 6.45) is 0. The molecule has 0 aliphatic carbocycles. The lowest BCUT2D eigenvalue weighted by Gasteiger charge is -2.09. The summed E-state index contributed by atoms with van der Waals surface area (Å²) in [5, 5.41) is 1.76. The molecule has 2 rings (SSSR count). The second-order valence-corrected chi connectivity index (χ2v) is 3.25. The Kier molecular flexibility index (Phi) is 2.09. The Bertz CT molecular complexity index is 449. The van der Waals surface area contributed by atoms with Crippen LogP contribution < -0.4 is 5.43 Å². The topological polar surface area (TPSA) is 44.0 Å². The molecule has 0 bridgehead atoms. The van der Waals surface area contributed by atoms with Crippen molar-refractivity contribution in [3.05, 3.63) is 24.0 Å². The first-order valence-electron chi connectivity index (χ1n) is 4.24. The summed E-state index contributed by atoms with van der Waals surface area (Å²) < 4.78 is 12.8. The maximum Gasteiger partial charge on any atom is 0.216 e. The van der Waals surface area contributed by atoms with E-state index in [1.54, 1.807) is 11.1 Å². The van der Waals surface area contributed by atoms with Crippen molar-refractivity contribution in [1.82, 2.24) is 15.0 Å². The van der Waals surface area contributed by atoms with Gasteiger partial charge < -0.3 is 4.98 Å². The van der Waals surface area contributed by atoms with Gasteiger partial charge in [0.2, 0.25) is 5.95 Å². The second kappa shape index (κ2) is 3.26.